The topological polar surface area (TPSA) is 60.8 Å². The Balaban J connectivity index is 1.28. The number of hydrogen-bond acceptors (Lipinski definition) is 5. The Morgan fingerprint density at radius 1 is 0.833 bits per heavy atom. The number of fused-ring (bicyclic) bond motifs is 1. The molecule has 0 bridgehead atoms. The molecule has 0 amide bonds. The van der Waals surface area contributed by atoms with Crippen molar-refractivity contribution in [1.82, 2.24) is 14.9 Å². The number of ether oxygens (including phenoxy) is 3. The van der Waals surface area contributed by atoms with Gasteiger partial charge in [0.05, 0.1) is 17.8 Å². The molecule has 0 spiro atoms. The molecule has 7 nitrogen and oxygen atoms in total. The van der Waals surface area contributed by atoms with Crippen LogP contribution in [0.3, 0.4) is 0 Å². The molecule has 42 heavy (non-hydrogen) atoms. The first kappa shape index (κ1) is 26.1. The molecule has 3 aromatic carbocycles. The third-order valence-electron chi connectivity index (χ3n) is 7.87. The highest BCUT2D eigenvalue weighted by molar-refractivity contribution is 7.80. The minimum atomic E-state index is -0.145. The van der Waals surface area contributed by atoms with E-state index in [1.54, 1.807) is 0 Å². The fraction of sp³-hybridized carbons (Fsp3) is 0.176. The number of nitrogens with zero attached hydrogens (tertiary/aromatic N) is 3. The van der Waals surface area contributed by atoms with Gasteiger partial charge in [-0.15, -0.1) is 0 Å². The minimum Gasteiger partial charge on any atom is -0.457 e. The fourth-order valence-electron chi connectivity index (χ4n) is 5.87. The molecular formula is C34H30N4O3S. The van der Waals surface area contributed by atoms with Gasteiger partial charge in [-0.1, -0.05) is 23.8 Å². The van der Waals surface area contributed by atoms with Crippen molar-refractivity contribution in [3.63, 3.8) is 0 Å². The lowest BCUT2D eigenvalue weighted by Gasteiger charge is -2.28. The molecule has 2 aliphatic rings. The maximum Gasteiger partial charge on any atom is 0.231 e. The molecule has 2 aromatic heterocycles. The second-order valence-electron chi connectivity index (χ2n) is 10.6. The molecule has 8 heteroatoms. The van der Waals surface area contributed by atoms with E-state index in [2.05, 4.69) is 59.8 Å². The van der Waals surface area contributed by atoms with E-state index in [0.29, 0.717) is 5.11 Å². The maximum atomic E-state index is 6.10. The van der Waals surface area contributed by atoms with Crippen LogP contribution in [0.25, 0.3) is 5.69 Å². The van der Waals surface area contributed by atoms with E-state index in [0.717, 1.165) is 57.0 Å². The molecule has 0 aliphatic carbocycles. The van der Waals surface area contributed by atoms with E-state index in [4.69, 9.17) is 31.4 Å². The number of nitrogens with one attached hydrogen (secondary N) is 1. The predicted octanol–water partition coefficient (Wildman–Crippen LogP) is 7.50. The summed E-state index contributed by atoms with van der Waals surface area (Å²) in [5, 5.41) is 4.22. The highest BCUT2D eigenvalue weighted by Crippen LogP contribution is 2.44. The highest BCUT2D eigenvalue weighted by atomic mass is 32.1. The molecule has 2 atom stereocenters. The van der Waals surface area contributed by atoms with Gasteiger partial charge in [0.15, 0.2) is 16.6 Å². The zero-order valence-electron chi connectivity index (χ0n) is 23.6. The molecule has 0 radical (unpaired) electrons. The van der Waals surface area contributed by atoms with Crippen molar-refractivity contribution in [2.75, 3.05) is 11.7 Å². The average Bonchev–Trinajstić information content (AvgIpc) is 3.69. The summed E-state index contributed by atoms with van der Waals surface area (Å²) in [7, 11) is 0. The lowest BCUT2D eigenvalue weighted by molar-refractivity contribution is 0.174. The van der Waals surface area contributed by atoms with Crippen molar-refractivity contribution in [3.8, 4) is 28.7 Å². The molecule has 0 unspecified atom stereocenters. The highest BCUT2D eigenvalue weighted by Gasteiger charge is 2.42. The van der Waals surface area contributed by atoms with Gasteiger partial charge in [0.2, 0.25) is 6.79 Å². The maximum absolute atomic E-state index is 6.10. The lowest BCUT2D eigenvalue weighted by atomic mass is 9.96. The van der Waals surface area contributed by atoms with Crippen LogP contribution in [0.1, 0.15) is 40.3 Å². The molecule has 7 rings (SSSR count). The third-order valence-corrected chi connectivity index (χ3v) is 8.19. The van der Waals surface area contributed by atoms with Crippen molar-refractivity contribution in [2.45, 2.75) is 32.9 Å². The van der Waals surface area contributed by atoms with Crippen LogP contribution in [-0.4, -0.2) is 21.5 Å². The van der Waals surface area contributed by atoms with Gasteiger partial charge in [-0.05, 0) is 105 Å². The molecule has 2 aliphatic heterocycles. The third kappa shape index (κ3) is 4.63. The number of rotatable bonds is 6. The van der Waals surface area contributed by atoms with Crippen molar-refractivity contribution in [1.29, 1.82) is 0 Å². The molecule has 0 saturated carbocycles. The van der Waals surface area contributed by atoms with E-state index in [9.17, 15) is 0 Å². The first-order valence-corrected chi connectivity index (χ1v) is 14.3. The second-order valence-corrected chi connectivity index (χ2v) is 11.0. The average molecular weight is 575 g/mol. The van der Waals surface area contributed by atoms with Crippen molar-refractivity contribution in [2.24, 2.45) is 0 Å². The number of anilines is 1. The normalized spacial score (nSPS) is 17.4. The number of aromatic nitrogens is 2. The summed E-state index contributed by atoms with van der Waals surface area (Å²) in [6.07, 6.45) is 1.83. The first-order chi connectivity index (χ1) is 20.5. The van der Waals surface area contributed by atoms with Crippen LogP contribution in [0.15, 0.2) is 97.2 Å². The smallest absolute Gasteiger partial charge is 0.231 e. The zero-order chi connectivity index (χ0) is 28.8. The van der Waals surface area contributed by atoms with Gasteiger partial charge in [-0.3, -0.25) is 4.98 Å². The Labute approximate surface area is 250 Å². The van der Waals surface area contributed by atoms with Gasteiger partial charge in [-0.2, -0.15) is 0 Å². The molecule has 1 fully saturated rings. The summed E-state index contributed by atoms with van der Waals surface area (Å²) >= 11 is 5.98. The molecule has 210 valence electrons. The van der Waals surface area contributed by atoms with Crippen LogP contribution >= 0.6 is 12.2 Å². The van der Waals surface area contributed by atoms with Crippen LogP contribution in [0.4, 0.5) is 5.69 Å². The van der Waals surface area contributed by atoms with Crippen LogP contribution in [-0.2, 0) is 0 Å². The number of aryl methyl sites for hydroxylation is 2. The quantitative estimate of drug-likeness (QED) is 0.211. The standard InChI is InChI=1S/C34H30N4O3S/c1-21-7-12-26(13-8-21)41-27-14-9-24(10-15-27)38-33(32(36-34(38)42)29-6-4-5-17-35-29)28-18-22(2)37(23(28)3)25-11-16-30-31(19-25)40-20-39-30/h4-19,32-33H,20H2,1-3H3,(H,36,42)/t32-,33-/m0/s1. The van der Waals surface area contributed by atoms with Crippen LogP contribution < -0.4 is 24.4 Å². The van der Waals surface area contributed by atoms with E-state index in [1.807, 2.05) is 72.9 Å². The van der Waals surface area contributed by atoms with E-state index < -0.39 is 0 Å². The first-order valence-electron chi connectivity index (χ1n) is 13.9. The number of pyridine rings is 1. The summed E-state index contributed by atoms with van der Waals surface area (Å²) in [4.78, 5) is 6.91. The monoisotopic (exact) mass is 574 g/mol. The van der Waals surface area contributed by atoms with Crippen LogP contribution in [0.2, 0.25) is 0 Å². The van der Waals surface area contributed by atoms with Crippen LogP contribution in [0, 0.1) is 20.8 Å². The Kier molecular flexibility index (Phi) is 6.55. The lowest BCUT2D eigenvalue weighted by Crippen LogP contribution is -2.29. The van der Waals surface area contributed by atoms with Gasteiger partial charge >= 0.3 is 0 Å². The van der Waals surface area contributed by atoms with Crippen molar-refractivity contribution >= 4 is 23.0 Å². The summed E-state index contributed by atoms with van der Waals surface area (Å²) in [6, 6.07) is 30.2. The number of hydrogen-bond donors (Lipinski definition) is 1. The molecule has 4 heterocycles. The largest absolute Gasteiger partial charge is 0.457 e. The molecule has 1 N–H and O–H groups in total. The van der Waals surface area contributed by atoms with Gasteiger partial charge in [0.25, 0.3) is 0 Å². The minimum absolute atomic E-state index is 0.134. The molecule has 5 aromatic rings. The fourth-order valence-corrected chi connectivity index (χ4v) is 6.22. The van der Waals surface area contributed by atoms with E-state index in [-0.39, 0.29) is 18.9 Å². The molecule has 1 saturated heterocycles. The Bertz CT molecular complexity index is 1770. The van der Waals surface area contributed by atoms with Gasteiger partial charge in [0, 0.05) is 35.0 Å². The van der Waals surface area contributed by atoms with Crippen molar-refractivity contribution < 1.29 is 14.2 Å². The summed E-state index contributed by atoms with van der Waals surface area (Å²) in [6.45, 7) is 6.58. The second kappa shape index (κ2) is 10.5. The van der Waals surface area contributed by atoms with Crippen LogP contribution in [0.5, 0.6) is 23.0 Å². The van der Waals surface area contributed by atoms with Crippen molar-refractivity contribution in [3.05, 3.63) is 125 Å². The summed E-state index contributed by atoms with van der Waals surface area (Å²) in [5.74, 6) is 3.09. The Hall–Kier alpha value is -4.82. The summed E-state index contributed by atoms with van der Waals surface area (Å²) < 4.78 is 19.6. The van der Waals surface area contributed by atoms with E-state index >= 15 is 0 Å². The predicted molar refractivity (Wildman–Crippen MR) is 167 cm³/mol. The van der Waals surface area contributed by atoms with Gasteiger partial charge in [-0.25, -0.2) is 0 Å². The number of benzene rings is 3. The Morgan fingerprint density at radius 3 is 2.29 bits per heavy atom. The molecular weight excluding hydrogens is 544 g/mol. The van der Waals surface area contributed by atoms with Gasteiger partial charge < -0.3 is 29.0 Å². The van der Waals surface area contributed by atoms with E-state index in [1.165, 1.54) is 5.56 Å². The zero-order valence-corrected chi connectivity index (χ0v) is 24.4. The summed E-state index contributed by atoms with van der Waals surface area (Å²) in [5.41, 5.74) is 7.51. The number of thiocarbonyl (C=S) groups is 1. The SMILES string of the molecule is Cc1ccc(Oc2ccc(N3C(=S)N[C@@H](c4ccccn4)[C@@H]3c3cc(C)n(-c4ccc5c(c4)OCO5)c3C)cc2)cc1. The Morgan fingerprint density at radius 2 is 1.55 bits per heavy atom. The van der Waals surface area contributed by atoms with Gasteiger partial charge in [0.1, 0.15) is 11.5 Å².